The predicted molar refractivity (Wildman–Crippen MR) is 35.9 cm³/mol. The van der Waals surface area contributed by atoms with Crippen LogP contribution in [0.5, 0.6) is 0 Å². The summed E-state index contributed by atoms with van der Waals surface area (Å²) in [6, 6.07) is -0.394. The molecule has 0 aromatic carbocycles. The molecule has 9 heavy (non-hydrogen) atoms. The quantitative estimate of drug-likeness (QED) is 0.432. The van der Waals surface area contributed by atoms with Gasteiger partial charge in [-0.25, -0.2) is 0 Å². The molecule has 3 nitrogen and oxygen atoms in total. The third-order valence-corrected chi connectivity index (χ3v) is 1.80. The maximum atomic E-state index is 10.1. The van der Waals surface area contributed by atoms with Gasteiger partial charge in [-0.05, 0) is 6.42 Å². The van der Waals surface area contributed by atoms with Crippen LogP contribution in [0.3, 0.4) is 0 Å². The average Bonchev–Trinajstić information content (AvgIpc) is 1.84. The number of rotatable bonds is 3. The Morgan fingerprint density at radius 1 is 1.56 bits per heavy atom. The maximum absolute atomic E-state index is 10.1. The van der Waals surface area contributed by atoms with E-state index in [1.165, 1.54) is 0 Å². The van der Waals surface area contributed by atoms with E-state index in [-0.39, 0.29) is 10.8 Å². The van der Waals surface area contributed by atoms with Crippen LogP contribution in [0.1, 0.15) is 27.2 Å². The van der Waals surface area contributed by atoms with E-state index < -0.39 is 6.04 Å². The fourth-order valence-corrected chi connectivity index (χ4v) is 0.549. The third kappa shape index (κ3) is 2.44. The minimum absolute atomic E-state index is 0.194. The van der Waals surface area contributed by atoms with Crippen molar-refractivity contribution in [2.45, 2.75) is 33.2 Å². The summed E-state index contributed by atoms with van der Waals surface area (Å²) in [4.78, 5) is 9.88. The lowest BCUT2D eigenvalue weighted by atomic mass is 10.0. The van der Waals surface area contributed by atoms with Crippen LogP contribution in [0, 0.1) is 16.0 Å². The Morgan fingerprint density at radius 2 is 2.00 bits per heavy atom. The Kier molecular flexibility index (Phi) is 3.20. The van der Waals surface area contributed by atoms with Crippen LogP contribution in [0.25, 0.3) is 0 Å². The molecule has 0 aliphatic rings. The molecule has 0 aliphatic carbocycles. The number of nitro groups is 1. The van der Waals surface area contributed by atoms with E-state index in [0.29, 0.717) is 0 Å². The van der Waals surface area contributed by atoms with Crippen LogP contribution < -0.4 is 0 Å². The number of hydrogen-bond donors (Lipinski definition) is 0. The molecule has 0 heterocycles. The first kappa shape index (κ1) is 8.40. The zero-order chi connectivity index (χ0) is 7.44. The summed E-state index contributed by atoms with van der Waals surface area (Å²) in [6.45, 7) is 5.51. The maximum Gasteiger partial charge on any atom is 0.212 e. The molecule has 2 atom stereocenters. The fourth-order valence-electron chi connectivity index (χ4n) is 0.549. The fraction of sp³-hybridized carbons (Fsp3) is 1.00. The van der Waals surface area contributed by atoms with Gasteiger partial charge in [-0.3, -0.25) is 10.1 Å². The zero-order valence-electron chi connectivity index (χ0n) is 6.13. The Morgan fingerprint density at radius 3 is 2.11 bits per heavy atom. The summed E-state index contributed by atoms with van der Waals surface area (Å²) in [5, 5.41) is 10.1. The highest BCUT2D eigenvalue weighted by Gasteiger charge is 2.19. The van der Waals surface area contributed by atoms with Gasteiger partial charge in [-0.1, -0.05) is 13.8 Å². The van der Waals surface area contributed by atoms with E-state index in [1.807, 2.05) is 13.8 Å². The minimum atomic E-state index is -0.394. The summed E-state index contributed by atoms with van der Waals surface area (Å²) < 4.78 is 0. The minimum Gasteiger partial charge on any atom is -0.264 e. The Bertz CT molecular complexity index is 103. The SMILES string of the molecule is CC[C@@H](C)[C@@H](C)[N+](=O)[O-]. The van der Waals surface area contributed by atoms with Crippen molar-refractivity contribution >= 4 is 0 Å². The zero-order valence-corrected chi connectivity index (χ0v) is 6.13. The summed E-state index contributed by atoms with van der Waals surface area (Å²) in [5.41, 5.74) is 0. The van der Waals surface area contributed by atoms with Gasteiger partial charge in [-0.2, -0.15) is 0 Å². The van der Waals surface area contributed by atoms with Crippen molar-refractivity contribution in [2.24, 2.45) is 5.92 Å². The molecule has 0 bridgehead atoms. The highest BCUT2D eigenvalue weighted by Crippen LogP contribution is 2.08. The molecule has 0 N–H and O–H groups in total. The summed E-state index contributed by atoms with van der Waals surface area (Å²) in [6.07, 6.45) is 0.877. The van der Waals surface area contributed by atoms with Gasteiger partial charge in [0.1, 0.15) is 0 Å². The topological polar surface area (TPSA) is 43.1 Å². The second kappa shape index (κ2) is 3.43. The van der Waals surface area contributed by atoms with Crippen LogP contribution in [0.15, 0.2) is 0 Å². The molecular formula is C6H13NO2. The molecule has 0 radical (unpaired) electrons. The van der Waals surface area contributed by atoms with Gasteiger partial charge >= 0.3 is 0 Å². The van der Waals surface area contributed by atoms with Crippen molar-refractivity contribution in [3.05, 3.63) is 10.1 Å². The Hall–Kier alpha value is -0.600. The second-order valence-corrected chi connectivity index (χ2v) is 2.41. The largest absolute Gasteiger partial charge is 0.264 e. The first-order valence-electron chi connectivity index (χ1n) is 3.23. The molecule has 0 aliphatic heterocycles. The standard InChI is InChI=1S/C6H13NO2/c1-4-5(2)6(3)7(8)9/h5-6H,4H2,1-3H3/t5-,6-/m1/s1. The monoisotopic (exact) mass is 131 g/mol. The molecular weight excluding hydrogens is 118 g/mol. The van der Waals surface area contributed by atoms with Crippen LogP contribution in [-0.2, 0) is 0 Å². The first-order valence-corrected chi connectivity index (χ1v) is 3.23. The highest BCUT2D eigenvalue weighted by atomic mass is 16.6. The first-order chi connectivity index (χ1) is 4.09. The van der Waals surface area contributed by atoms with Crippen molar-refractivity contribution in [1.82, 2.24) is 0 Å². The van der Waals surface area contributed by atoms with Crippen LogP contribution in [0.4, 0.5) is 0 Å². The normalized spacial score (nSPS) is 16.8. The van der Waals surface area contributed by atoms with E-state index in [9.17, 15) is 10.1 Å². The molecule has 54 valence electrons. The van der Waals surface area contributed by atoms with Crippen LogP contribution in [0.2, 0.25) is 0 Å². The van der Waals surface area contributed by atoms with E-state index >= 15 is 0 Å². The highest BCUT2D eigenvalue weighted by molar-refractivity contribution is 4.56. The number of nitrogens with zero attached hydrogens (tertiary/aromatic N) is 1. The molecule has 0 aromatic heterocycles. The van der Waals surface area contributed by atoms with Crippen molar-refractivity contribution < 1.29 is 4.92 Å². The second-order valence-electron chi connectivity index (χ2n) is 2.41. The van der Waals surface area contributed by atoms with Gasteiger partial charge in [0.05, 0.1) is 0 Å². The number of hydrogen-bond acceptors (Lipinski definition) is 2. The van der Waals surface area contributed by atoms with Gasteiger partial charge in [0.25, 0.3) is 0 Å². The van der Waals surface area contributed by atoms with Crippen molar-refractivity contribution in [1.29, 1.82) is 0 Å². The van der Waals surface area contributed by atoms with E-state index in [0.717, 1.165) is 6.42 Å². The van der Waals surface area contributed by atoms with E-state index in [2.05, 4.69) is 0 Å². The smallest absolute Gasteiger partial charge is 0.212 e. The van der Waals surface area contributed by atoms with Crippen molar-refractivity contribution in [2.75, 3.05) is 0 Å². The summed E-state index contributed by atoms with van der Waals surface area (Å²) in [5.74, 6) is 0.194. The van der Waals surface area contributed by atoms with Gasteiger partial charge in [0.15, 0.2) is 0 Å². The predicted octanol–water partition coefficient (Wildman–Crippen LogP) is 1.70. The molecule has 0 saturated carbocycles. The van der Waals surface area contributed by atoms with Crippen molar-refractivity contribution in [3.8, 4) is 0 Å². The lowest BCUT2D eigenvalue weighted by molar-refractivity contribution is -0.527. The lowest BCUT2D eigenvalue weighted by Crippen LogP contribution is -2.22. The molecule has 0 unspecified atom stereocenters. The summed E-state index contributed by atoms with van der Waals surface area (Å²) in [7, 11) is 0. The molecule has 0 aromatic rings. The Balaban J connectivity index is 3.72. The van der Waals surface area contributed by atoms with E-state index in [1.54, 1.807) is 6.92 Å². The molecule has 0 spiro atoms. The van der Waals surface area contributed by atoms with Crippen LogP contribution >= 0.6 is 0 Å². The van der Waals surface area contributed by atoms with E-state index in [4.69, 9.17) is 0 Å². The Labute approximate surface area is 55.2 Å². The van der Waals surface area contributed by atoms with Crippen LogP contribution in [-0.4, -0.2) is 11.0 Å². The van der Waals surface area contributed by atoms with Gasteiger partial charge in [0, 0.05) is 17.8 Å². The lowest BCUT2D eigenvalue weighted by Gasteiger charge is -2.08. The summed E-state index contributed by atoms with van der Waals surface area (Å²) >= 11 is 0. The molecule has 0 amide bonds. The van der Waals surface area contributed by atoms with Gasteiger partial charge in [-0.15, -0.1) is 0 Å². The van der Waals surface area contributed by atoms with Gasteiger partial charge < -0.3 is 0 Å². The molecule has 3 heteroatoms. The van der Waals surface area contributed by atoms with Crippen molar-refractivity contribution in [3.63, 3.8) is 0 Å². The molecule has 0 fully saturated rings. The van der Waals surface area contributed by atoms with Gasteiger partial charge in [0.2, 0.25) is 6.04 Å². The molecule has 0 rings (SSSR count). The molecule has 0 saturated heterocycles. The third-order valence-electron chi connectivity index (χ3n) is 1.80. The average molecular weight is 131 g/mol.